The summed E-state index contributed by atoms with van der Waals surface area (Å²) in [7, 11) is -3.56. The fourth-order valence-corrected chi connectivity index (χ4v) is 3.18. The monoisotopic (exact) mass is 313 g/mol. The van der Waals surface area contributed by atoms with E-state index in [9.17, 15) is 8.42 Å². The molecule has 1 aliphatic carbocycles. The predicted octanol–water partition coefficient (Wildman–Crippen LogP) is 2.78. The van der Waals surface area contributed by atoms with Gasteiger partial charge in [0.2, 0.25) is 0 Å². The van der Waals surface area contributed by atoms with E-state index in [0.717, 1.165) is 0 Å². The Bertz CT molecular complexity index is 625. The van der Waals surface area contributed by atoms with Crippen molar-refractivity contribution in [3.63, 3.8) is 0 Å². The van der Waals surface area contributed by atoms with Crippen LogP contribution >= 0.6 is 11.6 Å². The maximum Gasteiger partial charge on any atom is 0.261 e. The molecule has 0 spiro atoms. The van der Waals surface area contributed by atoms with Gasteiger partial charge < -0.3 is 4.74 Å². The van der Waals surface area contributed by atoms with Crippen LogP contribution in [0.25, 0.3) is 0 Å². The van der Waals surface area contributed by atoms with E-state index in [2.05, 4.69) is 4.72 Å². The highest BCUT2D eigenvalue weighted by Crippen LogP contribution is 2.28. The minimum Gasteiger partial charge on any atom is -0.356 e. The summed E-state index contributed by atoms with van der Waals surface area (Å²) in [4.78, 5) is 0.224. The molecule has 20 heavy (non-hydrogen) atoms. The van der Waals surface area contributed by atoms with Crippen molar-refractivity contribution in [2.24, 2.45) is 0 Å². The lowest BCUT2D eigenvalue weighted by Gasteiger charge is -2.25. The summed E-state index contributed by atoms with van der Waals surface area (Å²) in [6, 6.07) is 8.21. The summed E-state index contributed by atoms with van der Waals surface area (Å²) in [5.41, 5.74) is 0.491. The van der Waals surface area contributed by atoms with Crippen LogP contribution in [0.15, 0.2) is 59.2 Å². The highest BCUT2D eigenvalue weighted by molar-refractivity contribution is 7.89. The molecule has 0 amide bonds. The van der Waals surface area contributed by atoms with E-state index in [0.29, 0.717) is 18.7 Å². The summed E-state index contributed by atoms with van der Waals surface area (Å²) in [6.45, 7) is 2.35. The lowest BCUT2D eigenvalue weighted by atomic mass is 10.1. The Hall–Kier alpha value is -1.30. The van der Waals surface area contributed by atoms with Crippen molar-refractivity contribution in [1.29, 1.82) is 0 Å². The minimum atomic E-state index is -3.56. The van der Waals surface area contributed by atoms with E-state index >= 15 is 0 Å². The van der Waals surface area contributed by atoms with Crippen LogP contribution in [0.5, 0.6) is 0 Å². The van der Waals surface area contributed by atoms with E-state index in [1.54, 1.807) is 48.6 Å². The molecule has 0 heterocycles. The molecule has 1 N–H and O–H groups in total. The molecule has 0 aromatic heterocycles. The number of allylic oxidation sites excluding steroid dienone is 1. The van der Waals surface area contributed by atoms with Crippen molar-refractivity contribution in [1.82, 2.24) is 4.72 Å². The molecule has 1 aromatic rings. The molecule has 2 rings (SSSR count). The zero-order valence-electron chi connectivity index (χ0n) is 11.0. The fraction of sp³-hybridized carbons (Fsp3) is 0.286. The second kappa shape index (κ2) is 5.99. The van der Waals surface area contributed by atoms with Gasteiger partial charge >= 0.3 is 0 Å². The van der Waals surface area contributed by atoms with Gasteiger partial charge in [0.15, 0.2) is 5.06 Å². The first-order valence-electron chi connectivity index (χ1n) is 6.25. The van der Waals surface area contributed by atoms with Crippen LogP contribution in [0.1, 0.15) is 13.3 Å². The molecule has 0 saturated carbocycles. The number of ether oxygens (including phenoxy) is 1. The third-order valence-corrected chi connectivity index (χ3v) is 4.59. The maximum atomic E-state index is 12.1. The van der Waals surface area contributed by atoms with Gasteiger partial charge in [-0.05, 0) is 31.2 Å². The van der Waals surface area contributed by atoms with E-state index in [1.165, 1.54) is 0 Å². The Morgan fingerprint density at radius 1 is 1.35 bits per heavy atom. The molecule has 0 radical (unpaired) electrons. The van der Waals surface area contributed by atoms with Crippen LogP contribution < -0.4 is 4.72 Å². The number of hydrogen-bond acceptors (Lipinski definition) is 3. The summed E-state index contributed by atoms with van der Waals surface area (Å²) >= 11 is 6.20. The standard InChI is InChI=1S/C14H16ClNO3S/c1-2-19-14(15)10-8-12(9-11-14)16-20(17,18)13-6-4-3-5-7-13/h3-10,16H,2,11H2,1H3. The van der Waals surface area contributed by atoms with Gasteiger partial charge in [0.25, 0.3) is 10.0 Å². The Morgan fingerprint density at radius 2 is 2.05 bits per heavy atom. The number of sulfonamides is 1. The number of hydrogen-bond donors (Lipinski definition) is 1. The molecule has 1 atom stereocenters. The van der Waals surface area contributed by atoms with Crippen molar-refractivity contribution in [2.45, 2.75) is 23.3 Å². The van der Waals surface area contributed by atoms with Gasteiger partial charge in [0.05, 0.1) is 4.90 Å². The number of benzene rings is 1. The van der Waals surface area contributed by atoms with Gasteiger partial charge in [-0.1, -0.05) is 35.9 Å². The lowest BCUT2D eigenvalue weighted by molar-refractivity contribution is 0.0647. The Morgan fingerprint density at radius 3 is 2.60 bits per heavy atom. The summed E-state index contributed by atoms with van der Waals surface area (Å²) in [5.74, 6) is 0. The molecule has 0 fully saturated rings. The molecule has 0 bridgehead atoms. The number of alkyl halides is 1. The van der Waals surface area contributed by atoms with Gasteiger partial charge in [0, 0.05) is 18.7 Å². The molecule has 1 aliphatic rings. The average molecular weight is 314 g/mol. The third kappa shape index (κ3) is 3.62. The largest absolute Gasteiger partial charge is 0.356 e. The smallest absolute Gasteiger partial charge is 0.261 e. The molecule has 0 aliphatic heterocycles. The normalized spacial score (nSPS) is 22.4. The molecule has 0 saturated heterocycles. The van der Waals surface area contributed by atoms with Gasteiger partial charge in [-0.2, -0.15) is 0 Å². The summed E-state index contributed by atoms with van der Waals surface area (Å²) in [5, 5.41) is -0.879. The van der Waals surface area contributed by atoms with Crippen LogP contribution in [-0.2, 0) is 14.8 Å². The van der Waals surface area contributed by atoms with Gasteiger partial charge in [-0.15, -0.1) is 0 Å². The molecule has 6 heteroatoms. The minimum absolute atomic E-state index is 0.224. The van der Waals surface area contributed by atoms with Crippen LogP contribution in [0.2, 0.25) is 0 Å². The van der Waals surface area contributed by atoms with E-state index in [1.807, 2.05) is 6.92 Å². The summed E-state index contributed by atoms with van der Waals surface area (Å²) < 4.78 is 32.2. The van der Waals surface area contributed by atoms with E-state index in [4.69, 9.17) is 16.3 Å². The van der Waals surface area contributed by atoms with Crippen molar-refractivity contribution >= 4 is 21.6 Å². The third-order valence-electron chi connectivity index (χ3n) is 2.80. The first-order valence-corrected chi connectivity index (χ1v) is 8.11. The van der Waals surface area contributed by atoms with Gasteiger partial charge in [-0.3, -0.25) is 4.72 Å². The molecular formula is C14H16ClNO3S. The van der Waals surface area contributed by atoms with E-state index < -0.39 is 15.1 Å². The zero-order valence-corrected chi connectivity index (χ0v) is 12.6. The predicted molar refractivity (Wildman–Crippen MR) is 78.8 cm³/mol. The van der Waals surface area contributed by atoms with Gasteiger partial charge in [-0.25, -0.2) is 8.42 Å². The molecular weight excluding hydrogens is 298 g/mol. The Balaban J connectivity index is 2.10. The molecule has 108 valence electrons. The van der Waals surface area contributed by atoms with Crippen molar-refractivity contribution in [3.8, 4) is 0 Å². The van der Waals surface area contributed by atoms with Crippen molar-refractivity contribution in [2.75, 3.05) is 6.61 Å². The van der Waals surface area contributed by atoms with Crippen molar-refractivity contribution in [3.05, 3.63) is 54.3 Å². The highest BCUT2D eigenvalue weighted by Gasteiger charge is 2.26. The Kier molecular flexibility index (Phi) is 4.52. The van der Waals surface area contributed by atoms with Gasteiger partial charge in [0.1, 0.15) is 0 Å². The number of halogens is 1. The lowest BCUT2D eigenvalue weighted by Crippen LogP contribution is -2.28. The van der Waals surface area contributed by atoms with Crippen LogP contribution in [0, 0.1) is 0 Å². The quantitative estimate of drug-likeness (QED) is 0.850. The number of rotatable bonds is 5. The second-order valence-corrected chi connectivity index (χ2v) is 6.66. The maximum absolute atomic E-state index is 12.1. The molecule has 1 aromatic carbocycles. The highest BCUT2D eigenvalue weighted by atomic mass is 35.5. The molecule has 1 unspecified atom stereocenters. The second-order valence-electron chi connectivity index (χ2n) is 4.33. The number of nitrogens with one attached hydrogen (secondary N) is 1. The first-order chi connectivity index (χ1) is 9.45. The Labute approximate surface area is 124 Å². The van der Waals surface area contributed by atoms with Crippen LogP contribution in [-0.4, -0.2) is 20.1 Å². The average Bonchev–Trinajstić information content (AvgIpc) is 2.43. The topological polar surface area (TPSA) is 55.4 Å². The zero-order chi connectivity index (χ0) is 14.6. The van der Waals surface area contributed by atoms with Crippen LogP contribution in [0.3, 0.4) is 0 Å². The fourth-order valence-electron chi connectivity index (χ4n) is 1.84. The SMILES string of the molecule is CCOC1(Cl)C=CC(NS(=O)(=O)c2ccccc2)=CC1. The summed E-state index contributed by atoms with van der Waals surface area (Å²) in [6.07, 6.45) is 5.39. The van der Waals surface area contributed by atoms with Crippen LogP contribution in [0.4, 0.5) is 0 Å². The first kappa shape index (κ1) is 15.1. The van der Waals surface area contributed by atoms with Crippen molar-refractivity contribution < 1.29 is 13.2 Å². The molecule has 4 nitrogen and oxygen atoms in total. The van der Waals surface area contributed by atoms with E-state index in [-0.39, 0.29) is 4.90 Å².